The van der Waals surface area contributed by atoms with Gasteiger partial charge in [-0.2, -0.15) is 0 Å². The largest absolute Gasteiger partial charge is 0.481 e. The van der Waals surface area contributed by atoms with Crippen molar-refractivity contribution in [2.75, 3.05) is 13.1 Å². The molecule has 22 heavy (non-hydrogen) atoms. The van der Waals surface area contributed by atoms with Crippen molar-refractivity contribution in [2.45, 2.75) is 51.9 Å². The molecule has 0 aliphatic rings. The van der Waals surface area contributed by atoms with Gasteiger partial charge in [0.2, 0.25) is 5.91 Å². The Morgan fingerprint density at radius 1 is 1.09 bits per heavy atom. The summed E-state index contributed by atoms with van der Waals surface area (Å²) in [5.41, 5.74) is 1.27. The molecule has 0 radical (unpaired) electrons. The normalized spacial score (nSPS) is 11.9. The van der Waals surface area contributed by atoms with E-state index in [1.54, 1.807) is 0 Å². The van der Waals surface area contributed by atoms with E-state index >= 15 is 0 Å². The maximum absolute atomic E-state index is 12.3. The number of benzene rings is 1. The predicted molar refractivity (Wildman–Crippen MR) is 87.8 cm³/mol. The van der Waals surface area contributed by atoms with Crippen LogP contribution in [0.1, 0.15) is 57.4 Å². The number of likely N-dealkylation sites (N-methyl/N-ethyl adjacent to an activating group) is 1. The van der Waals surface area contributed by atoms with Crippen LogP contribution in [-0.2, 0) is 9.59 Å². The van der Waals surface area contributed by atoms with Gasteiger partial charge in [-0.05, 0) is 31.7 Å². The highest BCUT2D eigenvalue weighted by molar-refractivity contribution is 5.76. The summed E-state index contributed by atoms with van der Waals surface area (Å²) in [5, 5.41) is 8.62. The Bertz CT molecular complexity index is 459. The van der Waals surface area contributed by atoms with Gasteiger partial charge < -0.3 is 10.0 Å². The molecule has 0 bridgehead atoms. The van der Waals surface area contributed by atoms with Crippen molar-refractivity contribution < 1.29 is 14.7 Å². The van der Waals surface area contributed by atoms with Crippen LogP contribution in [-0.4, -0.2) is 35.0 Å². The highest BCUT2D eigenvalue weighted by Gasteiger charge is 2.17. The zero-order valence-electron chi connectivity index (χ0n) is 13.6. The third-order valence-electron chi connectivity index (χ3n) is 3.97. The zero-order chi connectivity index (χ0) is 16.4. The van der Waals surface area contributed by atoms with Gasteiger partial charge in [0, 0.05) is 31.8 Å². The fourth-order valence-corrected chi connectivity index (χ4v) is 2.58. The van der Waals surface area contributed by atoms with Gasteiger partial charge in [0.05, 0.1) is 0 Å². The molecule has 1 amide bonds. The minimum atomic E-state index is -0.796. The second kappa shape index (κ2) is 9.98. The molecule has 0 saturated heterocycles. The number of amides is 1. The van der Waals surface area contributed by atoms with Gasteiger partial charge in [-0.15, -0.1) is 0 Å². The van der Waals surface area contributed by atoms with Gasteiger partial charge in [0.1, 0.15) is 0 Å². The number of aliphatic carboxylic acids is 1. The number of carbonyl (C=O) groups is 2. The molecule has 0 aliphatic heterocycles. The summed E-state index contributed by atoms with van der Waals surface area (Å²) in [5.74, 6) is -0.318. The van der Waals surface area contributed by atoms with Crippen molar-refractivity contribution in [1.29, 1.82) is 0 Å². The second-order valence-electron chi connectivity index (χ2n) is 5.55. The van der Waals surface area contributed by atoms with Crippen LogP contribution >= 0.6 is 0 Å². The molecule has 0 aromatic heterocycles. The fraction of sp³-hybridized carbons (Fsp3) is 0.556. The first-order valence-electron chi connectivity index (χ1n) is 8.13. The summed E-state index contributed by atoms with van der Waals surface area (Å²) < 4.78 is 0. The molecule has 0 fully saturated rings. The Balaban J connectivity index is 2.51. The van der Waals surface area contributed by atoms with Crippen LogP contribution in [0, 0.1) is 0 Å². The van der Waals surface area contributed by atoms with Crippen molar-refractivity contribution >= 4 is 11.9 Å². The van der Waals surface area contributed by atoms with E-state index < -0.39 is 5.97 Å². The predicted octanol–water partition coefficient (Wildman–Crippen LogP) is 3.67. The molecule has 0 heterocycles. The van der Waals surface area contributed by atoms with Crippen molar-refractivity contribution in [3.63, 3.8) is 0 Å². The maximum atomic E-state index is 12.3. The van der Waals surface area contributed by atoms with E-state index in [9.17, 15) is 9.59 Å². The number of hydrogen-bond acceptors (Lipinski definition) is 2. The van der Waals surface area contributed by atoms with E-state index in [-0.39, 0.29) is 12.3 Å². The van der Waals surface area contributed by atoms with Crippen LogP contribution in [0.5, 0.6) is 0 Å². The number of hydrogen-bond donors (Lipinski definition) is 1. The summed E-state index contributed by atoms with van der Waals surface area (Å²) in [6.45, 7) is 5.56. The van der Waals surface area contributed by atoms with E-state index in [1.165, 1.54) is 5.56 Å². The molecule has 4 heteroatoms. The molecule has 1 unspecified atom stereocenters. The fourth-order valence-electron chi connectivity index (χ4n) is 2.58. The summed E-state index contributed by atoms with van der Waals surface area (Å²) in [7, 11) is 0. The van der Waals surface area contributed by atoms with Crippen LogP contribution in [0.25, 0.3) is 0 Å². The third kappa shape index (κ3) is 6.29. The first kappa shape index (κ1) is 18.2. The lowest BCUT2D eigenvalue weighted by molar-refractivity contribution is -0.137. The molecule has 1 aromatic rings. The zero-order valence-corrected chi connectivity index (χ0v) is 13.6. The first-order chi connectivity index (χ1) is 10.6. The number of rotatable bonds is 10. The van der Waals surface area contributed by atoms with E-state index in [2.05, 4.69) is 19.1 Å². The first-order valence-corrected chi connectivity index (χ1v) is 8.13. The number of carboxylic acids is 1. The molecule has 122 valence electrons. The molecule has 1 atom stereocenters. The average molecular weight is 305 g/mol. The van der Waals surface area contributed by atoms with Gasteiger partial charge in [0.25, 0.3) is 0 Å². The van der Waals surface area contributed by atoms with Crippen molar-refractivity contribution in [1.82, 2.24) is 4.90 Å². The van der Waals surface area contributed by atoms with Crippen LogP contribution in [0.3, 0.4) is 0 Å². The SMILES string of the molecule is CCC(CN(CC)C(=O)CCCCC(=O)O)c1ccccc1. The van der Waals surface area contributed by atoms with E-state index in [4.69, 9.17) is 5.11 Å². The van der Waals surface area contributed by atoms with Gasteiger partial charge >= 0.3 is 5.97 Å². The minimum absolute atomic E-state index is 0.127. The van der Waals surface area contributed by atoms with Crippen molar-refractivity contribution in [3.8, 4) is 0 Å². The lowest BCUT2D eigenvalue weighted by Gasteiger charge is -2.26. The highest BCUT2D eigenvalue weighted by Crippen LogP contribution is 2.21. The molecule has 1 rings (SSSR count). The third-order valence-corrected chi connectivity index (χ3v) is 3.97. The lowest BCUT2D eigenvalue weighted by atomic mass is 9.95. The standard InChI is InChI=1S/C18H27NO3/c1-3-15(16-10-6-5-7-11-16)14-19(4-2)17(20)12-8-9-13-18(21)22/h5-7,10-11,15H,3-4,8-9,12-14H2,1-2H3,(H,21,22). The average Bonchev–Trinajstić information content (AvgIpc) is 2.53. The number of nitrogens with zero attached hydrogens (tertiary/aromatic N) is 1. The minimum Gasteiger partial charge on any atom is -0.481 e. The quantitative estimate of drug-likeness (QED) is 0.671. The van der Waals surface area contributed by atoms with Gasteiger partial charge in [-0.1, -0.05) is 37.3 Å². The van der Waals surface area contributed by atoms with Crippen molar-refractivity contribution in [2.24, 2.45) is 0 Å². The van der Waals surface area contributed by atoms with Gasteiger partial charge in [-0.3, -0.25) is 9.59 Å². The Labute approximate surface area is 133 Å². The van der Waals surface area contributed by atoms with Crippen LogP contribution < -0.4 is 0 Å². The van der Waals surface area contributed by atoms with Crippen LogP contribution in [0.2, 0.25) is 0 Å². The van der Waals surface area contributed by atoms with E-state index in [0.29, 0.717) is 31.7 Å². The maximum Gasteiger partial charge on any atom is 0.303 e. The monoisotopic (exact) mass is 305 g/mol. The highest BCUT2D eigenvalue weighted by atomic mass is 16.4. The second-order valence-corrected chi connectivity index (χ2v) is 5.55. The summed E-state index contributed by atoms with van der Waals surface area (Å²) >= 11 is 0. The molecular formula is C18H27NO3. The van der Waals surface area contributed by atoms with E-state index in [1.807, 2.05) is 30.0 Å². The molecule has 1 N–H and O–H groups in total. The van der Waals surface area contributed by atoms with Gasteiger partial charge in [-0.25, -0.2) is 0 Å². The Kier molecular flexibility index (Phi) is 8.26. The topological polar surface area (TPSA) is 57.6 Å². The number of unbranched alkanes of at least 4 members (excludes halogenated alkanes) is 1. The van der Waals surface area contributed by atoms with Crippen LogP contribution in [0.4, 0.5) is 0 Å². The molecule has 0 saturated carbocycles. The number of carbonyl (C=O) groups excluding carboxylic acids is 1. The van der Waals surface area contributed by atoms with Gasteiger partial charge in [0.15, 0.2) is 0 Å². The summed E-state index contributed by atoms with van der Waals surface area (Å²) in [4.78, 5) is 24.7. The summed E-state index contributed by atoms with van der Waals surface area (Å²) in [6.07, 6.45) is 2.78. The van der Waals surface area contributed by atoms with Crippen LogP contribution in [0.15, 0.2) is 30.3 Å². The Morgan fingerprint density at radius 2 is 1.73 bits per heavy atom. The molecule has 0 aliphatic carbocycles. The molecule has 1 aromatic carbocycles. The van der Waals surface area contributed by atoms with Crippen molar-refractivity contribution in [3.05, 3.63) is 35.9 Å². The molecule has 0 spiro atoms. The van der Waals surface area contributed by atoms with E-state index in [0.717, 1.165) is 13.0 Å². The Hall–Kier alpha value is -1.84. The lowest BCUT2D eigenvalue weighted by Crippen LogP contribution is -2.34. The molecule has 4 nitrogen and oxygen atoms in total. The smallest absolute Gasteiger partial charge is 0.303 e. The summed E-state index contributed by atoms with van der Waals surface area (Å²) in [6, 6.07) is 10.3. The Morgan fingerprint density at radius 3 is 2.27 bits per heavy atom. The molecular weight excluding hydrogens is 278 g/mol. The number of carboxylic acid groups (broad SMARTS) is 1.